The number of aliphatic hydroxyl groups excluding tert-OH is 1. The van der Waals surface area contributed by atoms with Gasteiger partial charge in [-0.05, 0) is 31.2 Å². The van der Waals surface area contributed by atoms with Gasteiger partial charge in [0.25, 0.3) is 0 Å². The van der Waals surface area contributed by atoms with E-state index in [1.807, 2.05) is 37.3 Å². The van der Waals surface area contributed by atoms with E-state index in [0.717, 1.165) is 18.4 Å². The smallest absolute Gasteiger partial charge is 0.223 e. The number of carbonyl (C=O) groups is 1. The lowest BCUT2D eigenvalue weighted by molar-refractivity contribution is -0.126. The van der Waals surface area contributed by atoms with E-state index in [4.69, 9.17) is 5.73 Å². The van der Waals surface area contributed by atoms with E-state index >= 15 is 0 Å². The van der Waals surface area contributed by atoms with E-state index in [9.17, 15) is 9.90 Å². The summed E-state index contributed by atoms with van der Waals surface area (Å²) >= 11 is 0. The highest BCUT2D eigenvalue weighted by molar-refractivity contribution is 5.78. The molecule has 0 radical (unpaired) electrons. The normalized spacial score (nSPS) is 19.8. The first-order valence-electron chi connectivity index (χ1n) is 8.84. The molecule has 1 saturated carbocycles. The van der Waals surface area contributed by atoms with Crippen molar-refractivity contribution in [1.82, 2.24) is 5.32 Å². The summed E-state index contributed by atoms with van der Waals surface area (Å²) in [5.41, 5.74) is 7.21. The van der Waals surface area contributed by atoms with Crippen LogP contribution in [0.15, 0.2) is 30.3 Å². The number of hydrogen-bond acceptors (Lipinski definition) is 3. The third-order valence-electron chi connectivity index (χ3n) is 4.80. The second-order valence-electron chi connectivity index (χ2n) is 6.90. The molecule has 0 spiro atoms. The minimum Gasteiger partial charge on any atom is -0.391 e. The fourth-order valence-corrected chi connectivity index (χ4v) is 3.26. The first-order valence-corrected chi connectivity index (χ1v) is 8.84. The van der Waals surface area contributed by atoms with Gasteiger partial charge in [-0.3, -0.25) is 4.79 Å². The number of carbonyl (C=O) groups excluding carboxylic acids is 1. The molecule has 4 nitrogen and oxygen atoms in total. The molecule has 1 fully saturated rings. The van der Waals surface area contributed by atoms with Crippen LogP contribution in [0.5, 0.6) is 0 Å². The lowest BCUT2D eigenvalue weighted by atomic mass is 9.92. The van der Waals surface area contributed by atoms with Crippen molar-refractivity contribution in [3.05, 3.63) is 35.9 Å². The van der Waals surface area contributed by atoms with Crippen LogP contribution in [0, 0.1) is 5.92 Å². The van der Waals surface area contributed by atoms with Gasteiger partial charge in [0.15, 0.2) is 0 Å². The lowest BCUT2D eigenvalue weighted by Gasteiger charge is -2.26. The van der Waals surface area contributed by atoms with Crippen LogP contribution < -0.4 is 11.1 Å². The highest BCUT2D eigenvalue weighted by Crippen LogP contribution is 2.19. The molecule has 0 bridgehead atoms. The maximum absolute atomic E-state index is 12.3. The van der Waals surface area contributed by atoms with Crippen molar-refractivity contribution in [2.75, 3.05) is 0 Å². The Morgan fingerprint density at radius 1 is 1.26 bits per heavy atom. The number of rotatable bonds is 7. The van der Waals surface area contributed by atoms with Crippen LogP contribution in [-0.2, 0) is 11.2 Å². The Morgan fingerprint density at radius 3 is 2.57 bits per heavy atom. The second-order valence-corrected chi connectivity index (χ2v) is 6.90. The molecule has 1 amide bonds. The predicted octanol–water partition coefficient (Wildman–Crippen LogP) is 2.39. The average molecular weight is 318 g/mol. The Morgan fingerprint density at radius 2 is 1.91 bits per heavy atom. The topological polar surface area (TPSA) is 75.3 Å². The van der Waals surface area contributed by atoms with Crippen molar-refractivity contribution in [2.45, 2.75) is 70.1 Å². The Bertz CT molecular complexity index is 472. The van der Waals surface area contributed by atoms with Gasteiger partial charge in [-0.1, -0.05) is 56.5 Å². The molecule has 3 atom stereocenters. The maximum atomic E-state index is 12.3. The first kappa shape index (κ1) is 18.0. The predicted molar refractivity (Wildman–Crippen MR) is 92.9 cm³/mol. The number of benzene rings is 1. The first-order chi connectivity index (χ1) is 11.1. The van der Waals surface area contributed by atoms with E-state index in [0.29, 0.717) is 18.9 Å². The molecule has 0 aliphatic heterocycles. The van der Waals surface area contributed by atoms with Gasteiger partial charge in [0, 0.05) is 18.0 Å². The summed E-state index contributed by atoms with van der Waals surface area (Å²) in [4.78, 5) is 12.3. The Kier molecular flexibility index (Phi) is 7.06. The van der Waals surface area contributed by atoms with Gasteiger partial charge in [-0.2, -0.15) is 0 Å². The molecule has 128 valence electrons. The van der Waals surface area contributed by atoms with Crippen molar-refractivity contribution in [1.29, 1.82) is 0 Å². The van der Waals surface area contributed by atoms with Crippen LogP contribution in [-0.4, -0.2) is 29.2 Å². The quantitative estimate of drug-likeness (QED) is 0.722. The molecule has 0 heterocycles. The lowest BCUT2D eigenvalue weighted by Crippen LogP contribution is -2.43. The fraction of sp³-hybridized carbons (Fsp3) is 0.632. The van der Waals surface area contributed by atoms with E-state index in [2.05, 4.69) is 5.32 Å². The van der Waals surface area contributed by atoms with Crippen molar-refractivity contribution >= 4 is 5.91 Å². The van der Waals surface area contributed by atoms with E-state index < -0.39 is 6.10 Å². The van der Waals surface area contributed by atoms with Crippen LogP contribution >= 0.6 is 0 Å². The Labute approximate surface area is 139 Å². The number of aliphatic hydroxyl groups is 1. The van der Waals surface area contributed by atoms with Gasteiger partial charge < -0.3 is 16.2 Å². The van der Waals surface area contributed by atoms with Gasteiger partial charge in [0.05, 0.1) is 6.10 Å². The van der Waals surface area contributed by atoms with E-state index in [1.165, 1.54) is 19.3 Å². The summed E-state index contributed by atoms with van der Waals surface area (Å²) in [6, 6.07) is 9.88. The molecule has 1 aliphatic rings. The molecule has 4 heteroatoms. The largest absolute Gasteiger partial charge is 0.391 e. The van der Waals surface area contributed by atoms with E-state index in [1.54, 1.807) is 0 Å². The summed E-state index contributed by atoms with van der Waals surface area (Å²) < 4.78 is 0. The molecule has 23 heavy (non-hydrogen) atoms. The molecule has 1 aromatic rings. The summed E-state index contributed by atoms with van der Waals surface area (Å²) in [6.45, 7) is 1.87. The fourth-order valence-electron chi connectivity index (χ4n) is 3.26. The highest BCUT2D eigenvalue weighted by Gasteiger charge is 2.24. The highest BCUT2D eigenvalue weighted by atomic mass is 16.3. The maximum Gasteiger partial charge on any atom is 0.223 e. The number of nitrogens with one attached hydrogen (secondary N) is 1. The minimum absolute atomic E-state index is 0.0443. The van der Waals surface area contributed by atoms with Gasteiger partial charge in [0.2, 0.25) is 5.91 Å². The Hall–Kier alpha value is -1.39. The monoisotopic (exact) mass is 318 g/mol. The van der Waals surface area contributed by atoms with Crippen molar-refractivity contribution in [3.8, 4) is 0 Å². The van der Waals surface area contributed by atoms with Gasteiger partial charge >= 0.3 is 0 Å². The van der Waals surface area contributed by atoms with Crippen LogP contribution in [0.1, 0.15) is 51.0 Å². The molecule has 0 unspecified atom stereocenters. The van der Waals surface area contributed by atoms with Crippen molar-refractivity contribution in [3.63, 3.8) is 0 Å². The standard InChI is InChI=1S/C19H30N2O2/c1-14(19(23)21-16-10-6-3-7-11-16)12-18(22)17(20)13-15-8-4-2-5-9-15/h2,4-5,8-9,14,16-18,22H,3,6-7,10-13,20H2,1H3,(H,21,23)/t14-,17+,18+/m1/s1. The zero-order chi connectivity index (χ0) is 16.7. The summed E-state index contributed by atoms with van der Waals surface area (Å²) in [5.74, 6) is -0.170. The number of hydrogen-bond donors (Lipinski definition) is 3. The van der Waals surface area contributed by atoms with Crippen LogP contribution in [0.2, 0.25) is 0 Å². The van der Waals surface area contributed by atoms with Crippen LogP contribution in [0.25, 0.3) is 0 Å². The van der Waals surface area contributed by atoms with Crippen LogP contribution in [0.3, 0.4) is 0 Å². The van der Waals surface area contributed by atoms with Crippen LogP contribution in [0.4, 0.5) is 0 Å². The number of nitrogens with two attached hydrogens (primary N) is 1. The zero-order valence-corrected chi connectivity index (χ0v) is 14.1. The summed E-state index contributed by atoms with van der Waals surface area (Å²) in [5, 5.41) is 13.4. The Balaban J connectivity index is 1.76. The van der Waals surface area contributed by atoms with Crippen molar-refractivity contribution in [2.24, 2.45) is 11.7 Å². The SMILES string of the molecule is C[C@H](C[C@H](O)[C@@H](N)Cc1ccccc1)C(=O)NC1CCCCC1. The molecular formula is C19H30N2O2. The zero-order valence-electron chi connectivity index (χ0n) is 14.1. The van der Waals surface area contributed by atoms with Crippen molar-refractivity contribution < 1.29 is 9.90 Å². The summed E-state index contributed by atoms with van der Waals surface area (Å²) in [6.07, 6.45) is 6.19. The number of amides is 1. The molecule has 0 aromatic heterocycles. The molecule has 1 aromatic carbocycles. The molecule has 1 aliphatic carbocycles. The van der Waals surface area contributed by atoms with Gasteiger partial charge in [0.1, 0.15) is 0 Å². The molecule has 2 rings (SSSR count). The molecular weight excluding hydrogens is 288 g/mol. The van der Waals surface area contributed by atoms with Gasteiger partial charge in [-0.25, -0.2) is 0 Å². The average Bonchev–Trinajstić information content (AvgIpc) is 2.56. The van der Waals surface area contributed by atoms with Gasteiger partial charge in [-0.15, -0.1) is 0 Å². The molecule has 4 N–H and O–H groups in total. The van der Waals surface area contributed by atoms with E-state index in [-0.39, 0.29) is 17.9 Å². The molecule has 0 saturated heterocycles. The summed E-state index contributed by atoms with van der Waals surface area (Å²) in [7, 11) is 0. The second kappa shape index (κ2) is 9.04. The third kappa shape index (κ3) is 5.96. The minimum atomic E-state index is -0.665. The third-order valence-corrected chi connectivity index (χ3v) is 4.80.